The number of aromatic nitrogens is 2. The molecule has 1 aromatic heterocycles. The van der Waals surface area contributed by atoms with Gasteiger partial charge in [0.15, 0.2) is 0 Å². The van der Waals surface area contributed by atoms with E-state index in [-0.39, 0.29) is 12.4 Å². The van der Waals surface area contributed by atoms with E-state index in [1.54, 1.807) is 0 Å². The van der Waals surface area contributed by atoms with Crippen molar-refractivity contribution in [3.8, 4) is 0 Å². The number of hydrogen-bond acceptors (Lipinski definition) is 5. The number of carboxylic acid groups (broad SMARTS) is 1. The summed E-state index contributed by atoms with van der Waals surface area (Å²) in [7, 11) is 0. The summed E-state index contributed by atoms with van der Waals surface area (Å²) < 4.78 is 7.30. The minimum atomic E-state index is -0.250. The van der Waals surface area contributed by atoms with Gasteiger partial charge in [0, 0.05) is 38.2 Å². The van der Waals surface area contributed by atoms with Crippen molar-refractivity contribution >= 4 is 23.3 Å². The highest BCUT2D eigenvalue weighted by Gasteiger charge is 2.23. The molecule has 1 amide bonds. The molecule has 0 aliphatic carbocycles. The predicted octanol–water partition coefficient (Wildman–Crippen LogP) is 1.31. The maximum atomic E-state index is 12.7. The first-order chi connectivity index (χ1) is 13.7. The van der Waals surface area contributed by atoms with E-state index < -0.39 is 0 Å². The normalized spacial score (nSPS) is 20.4. The molecule has 0 spiro atoms. The van der Waals surface area contributed by atoms with Gasteiger partial charge in [0.1, 0.15) is 6.54 Å². The third kappa shape index (κ3) is 5.30. The van der Waals surface area contributed by atoms with Crippen molar-refractivity contribution in [2.45, 2.75) is 19.4 Å². The van der Waals surface area contributed by atoms with E-state index in [1.165, 1.54) is 6.42 Å². The standard InChI is InChI=1S/C19H26N4O2.CH2O2/c24-19(14-23-18-5-2-1-4-17(18)12-20-23)22-8-3-7-21(9-10-22)13-16-6-11-25-15-16;2-1-3/h1-2,4-5,12,16H,3,6-11,13-15H2;1H,(H,2,3). The number of benzene rings is 1. The molecule has 152 valence electrons. The van der Waals surface area contributed by atoms with Crippen LogP contribution in [0, 0.1) is 5.92 Å². The largest absolute Gasteiger partial charge is 0.483 e. The molecule has 1 atom stereocenters. The first kappa shape index (κ1) is 20.3. The molecule has 0 bridgehead atoms. The Balaban J connectivity index is 0.000000706. The third-order valence-corrected chi connectivity index (χ3v) is 5.32. The van der Waals surface area contributed by atoms with Crippen molar-refractivity contribution < 1.29 is 19.4 Å². The van der Waals surface area contributed by atoms with Crippen LogP contribution in [-0.2, 0) is 20.9 Å². The fourth-order valence-electron chi connectivity index (χ4n) is 3.88. The van der Waals surface area contributed by atoms with Crippen LogP contribution >= 0.6 is 0 Å². The van der Waals surface area contributed by atoms with Gasteiger partial charge in [0.2, 0.25) is 5.91 Å². The molecule has 4 rings (SSSR count). The monoisotopic (exact) mass is 388 g/mol. The average molecular weight is 388 g/mol. The van der Waals surface area contributed by atoms with E-state index in [0.717, 1.165) is 63.3 Å². The van der Waals surface area contributed by atoms with Gasteiger partial charge in [0.05, 0.1) is 18.3 Å². The quantitative estimate of drug-likeness (QED) is 0.795. The van der Waals surface area contributed by atoms with Crippen LogP contribution in [0.5, 0.6) is 0 Å². The summed E-state index contributed by atoms with van der Waals surface area (Å²) in [4.78, 5) is 25.6. The molecule has 8 heteroatoms. The summed E-state index contributed by atoms with van der Waals surface area (Å²) in [6, 6.07) is 8.03. The molecule has 2 saturated heterocycles. The zero-order valence-corrected chi connectivity index (χ0v) is 16.1. The van der Waals surface area contributed by atoms with Gasteiger partial charge in [-0.25, -0.2) is 0 Å². The lowest BCUT2D eigenvalue weighted by Gasteiger charge is -2.24. The smallest absolute Gasteiger partial charge is 0.290 e. The molecule has 1 N–H and O–H groups in total. The van der Waals surface area contributed by atoms with E-state index >= 15 is 0 Å². The number of hydrogen-bond donors (Lipinski definition) is 1. The second-order valence-electron chi connectivity index (χ2n) is 7.23. The van der Waals surface area contributed by atoms with Gasteiger partial charge in [-0.1, -0.05) is 18.2 Å². The highest BCUT2D eigenvalue weighted by Crippen LogP contribution is 2.16. The van der Waals surface area contributed by atoms with Crippen LogP contribution in [0.2, 0.25) is 0 Å². The summed E-state index contributed by atoms with van der Waals surface area (Å²) in [6.45, 7) is 6.66. The van der Waals surface area contributed by atoms with Crippen LogP contribution in [0.1, 0.15) is 12.8 Å². The van der Waals surface area contributed by atoms with Crippen molar-refractivity contribution in [2.75, 3.05) is 45.9 Å². The number of carbonyl (C=O) groups is 2. The van der Waals surface area contributed by atoms with Crippen LogP contribution in [-0.4, -0.2) is 83.0 Å². The summed E-state index contributed by atoms with van der Waals surface area (Å²) in [5.74, 6) is 0.831. The van der Waals surface area contributed by atoms with Crippen LogP contribution in [0.25, 0.3) is 10.9 Å². The van der Waals surface area contributed by atoms with Crippen LogP contribution in [0.4, 0.5) is 0 Å². The van der Waals surface area contributed by atoms with E-state index in [9.17, 15) is 4.79 Å². The Kier molecular flexibility index (Phi) is 7.39. The van der Waals surface area contributed by atoms with Crippen molar-refractivity contribution in [1.82, 2.24) is 19.6 Å². The molecule has 8 nitrogen and oxygen atoms in total. The number of fused-ring (bicyclic) bond motifs is 1. The second kappa shape index (κ2) is 10.2. The molecular weight excluding hydrogens is 360 g/mol. The van der Waals surface area contributed by atoms with Gasteiger partial charge in [-0.15, -0.1) is 0 Å². The SMILES string of the molecule is O=C(Cn1ncc2ccccc21)N1CCCN(CC2CCOC2)CC1.O=CO. The number of amides is 1. The number of ether oxygens (including phenoxy) is 1. The van der Waals surface area contributed by atoms with Crippen LogP contribution in [0.15, 0.2) is 30.5 Å². The minimum absolute atomic E-state index is 0.167. The first-order valence-corrected chi connectivity index (χ1v) is 9.77. The summed E-state index contributed by atoms with van der Waals surface area (Å²) >= 11 is 0. The van der Waals surface area contributed by atoms with Gasteiger partial charge in [-0.3, -0.25) is 14.3 Å². The highest BCUT2D eigenvalue weighted by atomic mass is 16.5. The van der Waals surface area contributed by atoms with E-state index in [0.29, 0.717) is 12.5 Å². The van der Waals surface area contributed by atoms with Crippen molar-refractivity contribution in [3.05, 3.63) is 30.5 Å². The Morgan fingerprint density at radius 1 is 1.25 bits per heavy atom. The Labute approximate surface area is 164 Å². The molecule has 2 aromatic rings. The average Bonchev–Trinajstić information content (AvgIpc) is 3.28. The molecule has 0 radical (unpaired) electrons. The van der Waals surface area contributed by atoms with Crippen LogP contribution in [0.3, 0.4) is 0 Å². The maximum Gasteiger partial charge on any atom is 0.290 e. The highest BCUT2D eigenvalue weighted by molar-refractivity contribution is 5.82. The lowest BCUT2D eigenvalue weighted by atomic mass is 10.1. The van der Waals surface area contributed by atoms with Gasteiger partial charge in [-0.05, 0) is 31.4 Å². The van der Waals surface area contributed by atoms with Crippen molar-refractivity contribution in [1.29, 1.82) is 0 Å². The lowest BCUT2D eigenvalue weighted by Crippen LogP contribution is -2.38. The Hall–Kier alpha value is -2.45. The van der Waals surface area contributed by atoms with E-state index in [1.807, 2.05) is 40.0 Å². The summed E-state index contributed by atoms with van der Waals surface area (Å²) in [5, 5.41) is 12.4. The van der Waals surface area contributed by atoms with E-state index in [4.69, 9.17) is 14.6 Å². The summed E-state index contributed by atoms with van der Waals surface area (Å²) in [6.07, 6.45) is 4.04. The molecule has 1 unspecified atom stereocenters. The maximum absolute atomic E-state index is 12.7. The molecule has 2 fully saturated rings. The fraction of sp³-hybridized carbons (Fsp3) is 0.550. The Morgan fingerprint density at radius 3 is 2.86 bits per heavy atom. The van der Waals surface area contributed by atoms with Gasteiger partial charge >= 0.3 is 0 Å². The predicted molar refractivity (Wildman–Crippen MR) is 105 cm³/mol. The zero-order valence-electron chi connectivity index (χ0n) is 16.1. The molecule has 3 heterocycles. The lowest BCUT2D eigenvalue weighted by molar-refractivity contribution is -0.131. The third-order valence-electron chi connectivity index (χ3n) is 5.32. The van der Waals surface area contributed by atoms with Crippen molar-refractivity contribution in [3.63, 3.8) is 0 Å². The first-order valence-electron chi connectivity index (χ1n) is 9.77. The number of carbonyl (C=O) groups excluding carboxylic acids is 1. The molecule has 28 heavy (non-hydrogen) atoms. The molecule has 2 aliphatic heterocycles. The molecular formula is C20H28N4O4. The number of nitrogens with zero attached hydrogens (tertiary/aromatic N) is 4. The van der Waals surface area contributed by atoms with Gasteiger partial charge < -0.3 is 19.6 Å². The Bertz CT molecular complexity index is 772. The molecule has 2 aliphatic rings. The van der Waals surface area contributed by atoms with E-state index in [2.05, 4.69) is 10.00 Å². The zero-order chi connectivity index (χ0) is 19.8. The topological polar surface area (TPSA) is 87.9 Å². The number of rotatable bonds is 4. The second-order valence-corrected chi connectivity index (χ2v) is 7.23. The fourth-order valence-corrected chi connectivity index (χ4v) is 3.88. The van der Waals surface area contributed by atoms with Crippen molar-refractivity contribution in [2.24, 2.45) is 5.92 Å². The Morgan fingerprint density at radius 2 is 2.07 bits per heavy atom. The van der Waals surface area contributed by atoms with Gasteiger partial charge in [-0.2, -0.15) is 5.10 Å². The molecule has 1 aromatic carbocycles. The summed E-state index contributed by atoms with van der Waals surface area (Å²) in [5.41, 5.74) is 1.02. The van der Waals surface area contributed by atoms with Crippen LogP contribution < -0.4 is 0 Å². The molecule has 0 saturated carbocycles. The number of para-hydroxylation sites is 1. The van der Waals surface area contributed by atoms with Gasteiger partial charge in [0.25, 0.3) is 6.47 Å². The minimum Gasteiger partial charge on any atom is -0.483 e.